The highest BCUT2D eigenvalue weighted by atomic mass is 35.5. The first-order chi connectivity index (χ1) is 6.50. The van der Waals surface area contributed by atoms with Crippen molar-refractivity contribution in [1.82, 2.24) is 14.8 Å². The summed E-state index contributed by atoms with van der Waals surface area (Å²) in [6, 6.07) is 0. The molecule has 0 saturated carbocycles. The van der Waals surface area contributed by atoms with Gasteiger partial charge in [-0.1, -0.05) is 11.6 Å². The van der Waals surface area contributed by atoms with Gasteiger partial charge in [0.1, 0.15) is 5.50 Å². The molecule has 0 aromatic carbocycles. The molecule has 0 bridgehead atoms. The maximum Gasteiger partial charge on any atom is 0.451 e. The molecule has 4 nitrogen and oxygen atoms in total. The van der Waals surface area contributed by atoms with Crippen LogP contribution in [-0.4, -0.2) is 27.5 Å². The van der Waals surface area contributed by atoms with Gasteiger partial charge < -0.3 is 0 Å². The number of hydrogen-bond acceptors (Lipinski definition) is 3. The van der Waals surface area contributed by atoms with Gasteiger partial charge in [0, 0.05) is 0 Å². The van der Waals surface area contributed by atoms with Crippen LogP contribution < -0.4 is 0 Å². The third-order valence-corrected chi connectivity index (χ3v) is 2.05. The van der Waals surface area contributed by atoms with Crippen LogP contribution in [0.5, 0.6) is 0 Å². The summed E-state index contributed by atoms with van der Waals surface area (Å²) in [4.78, 5) is 3.75. The number of fused-ring (bicyclic) bond motifs is 1. The van der Waals surface area contributed by atoms with Gasteiger partial charge in [-0.2, -0.15) is 13.2 Å². The van der Waals surface area contributed by atoms with Gasteiger partial charge >= 0.3 is 6.18 Å². The number of halogens is 4. The summed E-state index contributed by atoms with van der Waals surface area (Å²) in [5, 5.41) is 6.36. The maximum absolute atomic E-state index is 12.4. The normalized spacial score (nSPS) is 21.0. The number of alkyl halides is 4. The van der Waals surface area contributed by atoms with Crippen LogP contribution in [0.3, 0.4) is 0 Å². The van der Waals surface area contributed by atoms with E-state index in [4.69, 9.17) is 11.6 Å². The molecule has 76 valence electrons. The van der Waals surface area contributed by atoms with E-state index in [0.29, 0.717) is 0 Å². The first kappa shape index (κ1) is 9.45. The third-order valence-electron chi connectivity index (χ3n) is 1.72. The molecule has 0 N–H and O–H groups in total. The van der Waals surface area contributed by atoms with Crippen molar-refractivity contribution in [1.29, 1.82) is 0 Å². The zero-order chi connectivity index (χ0) is 10.3. The maximum atomic E-state index is 12.4. The molecule has 0 fully saturated rings. The summed E-state index contributed by atoms with van der Waals surface area (Å²) in [6.07, 6.45) is -3.31. The molecule has 1 unspecified atom stereocenters. The molecule has 0 radical (unpaired) electrons. The molecular formula is C6H4ClF3N4. The first-order valence-corrected chi connectivity index (χ1v) is 4.10. The van der Waals surface area contributed by atoms with Crippen molar-refractivity contribution in [2.45, 2.75) is 11.7 Å². The Kier molecular flexibility index (Phi) is 1.99. The molecule has 1 aromatic heterocycles. The van der Waals surface area contributed by atoms with E-state index < -0.39 is 17.5 Å². The highest BCUT2D eigenvalue weighted by Gasteiger charge is 2.40. The Labute approximate surface area is 81.4 Å². The van der Waals surface area contributed by atoms with Gasteiger partial charge in [0.05, 0.1) is 12.8 Å². The zero-order valence-electron chi connectivity index (χ0n) is 6.66. The zero-order valence-corrected chi connectivity index (χ0v) is 7.42. The molecule has 1 aliphatic rings. The molecule has 1 aliphatic heterocycles. The predicted octanol–water partition coefficient (Wildman–Crippen LogP) is 1.47. The minimum absolute atomic E-state index is 0.0311. The highest BCUT2D eigenvalue weighted by molar-refractivity contribution is 6.19. The molecule has 0 spiro atoms. The molecular weight excluding hydrogens is 221 g/mol. The van der Waals surface area contributed by atoms with E-state index in [1.54, 1.807) is 0 Å². The van der Waals surface area contributed by atoms with Crippen molar-refractivity contribution in [3.05, 3.63) is 11.6 Å². The second kappa shape index (κ2) is 2.94. The lowest BCUT2D eigenvalue weighted by atomic mass is 10.4. The highest BCUT2D eigenvalue weighted by Crippen LogP contribution is 2.31. The van der Waals surface area contributed by atoms with Crippen LogP contribution in [0.15, 0.2) is 4.99 Å². The van der Waals surface area contributed by atoms with Gasteiger partial charge in [0.25, 0.3) is 0 Å². The molecule has 14 heavy (non-hydrogen) atoms. The summed E-state index contributed by atoms with van der Waals surface area (Å²) in [6.45, 7) is 0.0929. The number of rotatable bonds is 0. The van der Waals surface area contributed by atoms with E-state index in [1.165, 1.54) is 6.21 Å². The third kappa shape index (κ3) is 1.37. The van der Waals surface area contributed by atoms with Crippen LogP contribution in [0, 0.1) is 0 Å². The van der Waals surface area contributed by atoms with Crippen molar-refractivity contribution in [3.8, 4) is 0 Å². The average molecular weight is 225 g/mol. The molecule has 8 heteroatoms. The summed E-state index contributed by atoms with van der Waals surface area (Å²) < 4.78 is 37.9. The summed E-state index contributed by atoms with van der Waals surface area (Å²) in [5.74, 6) is -1.05. The van der Waals surface area contributed by atoms with Gasteiger partial charge in [-0.05, 0) is 0 Å². The molecule has 0 amide bonds. The van der Waals surface area contributed by atoms with Crippen LogP contribution in [0.4, 0.5) is 13.2 Å². The van der Waals surface area contributed by atoms with Crippen molar-refractivity contribution < 1.29 is 13.2 Å². The Bertz CT molecular complexity index is 383. The van der Waals surface area contributed by atoms with Crippen molar-refractivity contribution in [3.63, 3.8) is 0 Å². The fourth-order valence-electron chi connectivity index (χ4n) is 1.16. The topological polar surface area (TPSA) is 43.1 Å². The van der Waals surface area contributed by atoms with E-state index in [9.17, 15) is 13.2 Å². The van der Waals surface area contributed by atoms with E-state index in [-0.39, 0.29) is 12.4 Å². The largest absolute Gasteiger partial charge is 0.451 e. The summed E-state index contributed by atoms with van der Waals surface area (Å²) in [5.41, 5.74) is -0.873. The smallest absolute Gasteiger partial charge is 0.286 e. The number of aliphatic imine (C=N–C) groups is 1. The lowest BCUT2D eigenvalue weighted by molar-refractivity contribution is -0.147. The second-order valence-electron chi connectivity index (χ2n) is 2.68. The van der Waals surface area contributed by atoms with Crippen LogP contribution in [-0.2, 0) is 6.18 Å². The number of nitrogens with zero attached hydrogens (tertiary/aromatic N) is 4. The average Bonchev–Trinajstić information content (AvgIpc) is 2.47. The van der Waals surface area contributed by atoms with E-state index in [1.807, 2.05) is 0 Å². The molecule has 1 aromatic rings. The van der Waals surface area contributed by atoms with E-state index in [0.717, 1.165) is 4.57 Å². The molecule has 0 aliphatic carbocycles. The fourth-order valence-corrected chi connectivity index (χ4v) is 1.44. The van der Waals surface area contributed by atoms with Gasteiger partial charge in [-0.25, -0.2) is 0 Å². The van der Waals surface area contributed by atoms with Gasteiger partial charge in [0.2, 0.25) is 5.82 Å². The Morgan fingerprint density at radius 2 is 2.14 bits per heavy atom. The Morgan fingerprint density at radius 3 is 2.79 bits per heavy atom. The number of aromatic nitrogens is 3. The van der Waals surface area contributed by atoms with Crippen LogP contribution in [0.1, 0.15) is 17.1 Å². The first-order valence-electron chi connectivity index (χ1n) is 3.66. The molecule has 0 saturated heterocycles. The molecule has 1 atom stereocenters. The molecule has 2 heterocycles. The van der Waals surface area contributed by atoms with Crippen LogP contribution >= 0.6 is 11.6 Å². The van der Waals surface area contributed by atoms with Gasteiger partial charge in [-0.15, -0.1) is 10.2 Å². The van der Waals surface area contributed by atoms with Crippen LogP contribution in [0.2, 0.25) is 0 Å². The standard InChI is InChI=1S/C6H4ClF3N4/c7-3-1-11-2-4-12-13-5(14(3)4)6(8,9)10/h2-3H,1H2. The Morgan fingerprint density at radius 1 is 1.43 bits per heavy atom. The van der Waals surface area contributed by atoms with Crippen molar-refractivity contribution in [2.75, 3.05) is 6.54 Å². The fraction of sp³-hybridized carbons (Fsp3) is 0.500. The van der Waals surface area contributed by atoms with Gasteiger partial charge in [0.15, 0.2) is 5.82 Å². The quantitative estimate of drug-likeness (QED) is 0.627. The minimum atomic E-state index is -4.54. The lowest BCUT2D eigenvalue weighted by Gasteiger charge is -2.17. The van der Waals surface area contributed by atoms with Crippen LogP contribution in [0.25, 0.3) is 0 Å². The Hall–Kier alpha value is -1.11. The molecule has 2 rings (SSSR count). The minimum Gasteiger partial charge on any atom is -0.286 e. The van der Waals surface area contributed by atoms with Crippen molar-refractivity contribution >= 4 is 17.8 Å². The lowest BCUT2D eigenvalue weighted by Crippen LogP contribution is -2.22. The summed E-state index contributed by atoms with van der Waals surface area (Å²) in [7, 11) is 0. The monoisotopic (exact) mass is 224 g/mol. The van der Waals surface area contributed by atoms with E-state index in [2.05, 4.69) is 15.2 Å². The Balaban J connectivity index is 2.55. The predicted molar refractivity (Wildman–Crippen MR) is 42.4 cm³/mol. The van der Waals surface area contributed by atoms with Gasteiger partial charge in [-0.3, -0.25) is 9.56 Å². The number of hydrogen-bond donors (Lipinski definition) is 0. The second-order valence-corrected chi connectivity index (χ2v) is 3.18. The van der Waals surface area contributed by atoms with E-state index >= 15 is 0 Å². The summed E-state index contributed by atoms with van der Waals surface area (Å²) >= 11 is 5.67. The van der Waals surface area contributed by atoms with Crippen molar-refractivity contribution in [2.24, 2.45) is 4.99 Å². The SMILES string of the molecule is FC(F)(F)c1nnc2n1C(Cl)CN=C2.